The summed E-state index contributed by atoms with van der Waals surface area (Å²) in [4.78, 5) is 24.4. The van der Waals surface area contributed by atoms with Gasteiger partial charge in [0.1, 0.15) is 42.0 Å². The summed E-state index contributed by atoms with van der Waals surface area (Å²) in [5.41, 5.74) is -0.423. The number of rotatable bonds is 7. The van der Waals surface area contributed by atoms with Crippen LogP contribution in [0.4, 0.5) is 0 Å². The minimum atomic E-state index is -2.01. The maximum Gasteiger partial charge on any atom is 0.339 e. The van der Waals surface area contributed by atoms with Crippen molar-refractivity contribution in [2.75, 3.05) is 6.61 Å². The predicted octanol–water partition coefficient (Wildman–Crippen LogP) is 1.14. The molecule has 17 heteroatoms. The highest BCUT2D eigenvalue weighted by molar-refractivity contribution is 5.91. The quantitative estimate of drug-likeness (QED) is 0.0964. The number of esters is 2. The highest BCUT2D eigenvalue weighted by atomic mass is 16.7. The number of aliphatic hydroxyl groups is 4. The van der Waals surface area contributed by atoms with Crippen molar-refractivity contribution in [3.63, 3.8) is 0 Å². The topological polar surface area (TPSA) is 286 Å². The molecular formula is C30H29O17+. The van der Waals surface area contributed by atoms with Crippen LogP contribution in [0.1, 0.15) is 34.5 Å². The Hall–Kier alpha value is -5.78. The Kier molecular flexibility index (Phi) is 8.70. The second-order valence-corrected chi connectivity index (χ2v) is 10.6. The Morgan fingerprint density at radius 1 is 0.830 bits per heavy atom. The number of hydrogen-bond donors (Lipinski definition) is 10. The minimum Gasteiger partial charge on any atom is -0.571 e. The molecule has 0 saturated carbocycles. The third-order valence-electron chi connectivity index (χ3n) is 7.24. The number of carbonyl (C=O) groups is 2. The molecule has 0 bridgehead atoms. The van der Waals surface area contributed by atoms with Crippen molar-refractivity contribution in [2.24, 2.45) is 0 Å². The second-order valence-electron chi connectivity index (χ2n) is 10.6. The third kappa shape index (κ3) is 6.48. The number of benzene rings is 3. The van der Waals surface area contributed by atoms with E-state index in [1.54, 1.807) is 0 Å². The van der Waals surface area contributed by atoms with Crippen LogP contribution >= 0.6 is 0 Å². The van der Waals surface area contributed by atoms with E-state index in [1.165, 1.54) is 12.1 Å². The Labute approximate surface area is 263 Å². The average Bonchev–Trinajstić information content (AvgIpc) is 3.00. The summed E-state index contributed by atoms with van der Waals surface area (Å²) >= 11 is 0. The van der Waals surface area contributed by atoms with E-state index in [0.717, 1.165) is 37.3 Å². The van der Waals surface area contributed by atoms with Gasteiger partial charge < -0.3 is 74.7 Å². The maximum atomic E-state index is 13.0. The second kappa shape index (κ2) is 12.5. The van der Waals surface area contributed by atoms with E-state index in [2.05, 4.69) is 4.74 Å². The first kappa shape index (κ1) is 32.6. The Balaban J connectivity index is 1.48. The van der Waals surface area contributed by atoms with Crippen LogP contribution in [0.3, 0.4) is 0 Å². The van der Waals surface area contributed by atoms with Crippen molar-refractivity contribution < 1.29 is 84.3 Å². The largest absolute Gasteiger partial charge is 0.571 e. The maximum absolute atomic E-state index is 13.0. The molecule has 3 aromatic carbocycles. The summed E-state index contributed by atoms with van der Waals surface area (Å²) in [6.45, 7) is 0.462. The van der Waals surface area contributed by atoms with Crippen molar-refractivity contribution in [1.29, 1.82) is 0 Å². The molecule has 0 aromatic heterocycles. The molecule has 250 valence electrons. The molecule has 17 nitrogen and oxygen atoms in total. The van der Waals surface area contributed by atoms with E-state index in [9.17, 15) is 60.7 Å². The van der Waals surface area contributed by atoms with Gasteiger partial charge in [0.15, 0.2) is 40.6 Å². The lowest BCUT2D eigenvalue weighted by Crippen LogP contribution is -2.61. The zero-order chi connectivity index (χ0) is 34.3. The van der Waals surface area contributed by atoms with Gasteiger partial charge >= 0.3 is 11.9 Å². The molecular weight excluding hydrogens is 632 g/mol. The van der Waals surface area contributed by atoms with Gasteiger partial charge in [-0.2, -0.15) is 0 Å². The molecule has 3 aromatic rings. The molecule has 6 atom stereocenters. The van der Waals surface area contributed by atoms with Crippen LogP contribution in [-0.4, -0.2) is 105 Å². The first-order chi connectivity index (χ1) is 22.1. The average molecular weight is 662 g/mol. The van der Waals surface area contributed by atoms with Crippen LogP contribution in [-0.2, 0) is 19.0 Å². The highest BCUT2D eigenvalue weighted by Gasteiger charge is 2.49. The molecule has 2 aliphatic rings. The van der Waals surface area contributed by atoms with Crippen LogP contribution in [0, 0.1) is 0 Å². The Morgan fingerprint density at radius 2 is 1.49 bits per heavy atom. The van der Waals surface area contributed by atoms with Gasteiger partial charge in [0.05, 0.1) is 17.2 Å². The van der Waals surface area contributed by atoms with Crippen LogP contribution in [0.15, 0.2) is 42.2 Å². The number of hydrogen-bond acceptors (Lipinski definition) is 16. The van der Waals surface area contributed by atoms with Gasteiger partial charge in [-0.05, 0) is 24.3 Å². The Bertz CT molecular complexity index is 1730. The molecule has 0 spiro atoms. The molecule has 0 amide bonds. The summed E-state index contributed by atoms with van der Waals surface area (Å²) in [7, 11) is 0. The van der Waals surface area contributed by atoms with E-state index in [1.807, 2.05) is 0 Å². The molecule has 0 radical (unpaired) electrons. The standard InChI is InChI=1S/C30H28O17/c1-10(31)43-9-22-25(40)26(41)28(47-29(42)12-3-16(34)23(38)17(35)4-12)30(46-22)45-21-5-11(2-18(36)24(21)39)27-19(37)8-14-15(33)6-13(32)7-20(14)44-27/h2-8,22,25-28,30,32-41H,9H2,1H3/p+1. The van der Waals surface area contributed by atoms with Gasteiger partial charge in [-0.15, -0.1) is 0 Å². The normalized spacial score (nSPS) is 23.5. The summed E-state index contributed by atoms with van der Waals surface area (Å²) in [5, 5.41) is 103. The molecule has 47 heavy (non-hydrogen) atoms. The highest BCUT2D eigenvalue weighted by Crippen LogP contribution is 2.47. The first-order valence-corrected chi connectivity index (χ1v) is 13.6. The lowest BCUT2D eigenvalue weighted by molar-refractivity contribution is -0.277. The Morgan fingerprint density at radius 3 is 2.15 bits per heavy atom. The molecule has 2 heterocycles. The zero-order valence-electron chi connectivity index (χ0n) is 24.1. The summed E-state index contributed by atoms with van der Waals surface area (Å²) in [6.07, 6.45) is -9.28. The van der Waals surface area contributed by atoms with Gasteiger partial charge in [0, 0.05) is 19.1 Å². The van der Waals surface area contributed by atoms with Crippen molar-refractivity contribution in [3.05, 3.63) is 58.8 Å². The smallest absolute Gasteiger partial charge is 0.339 e. The number of aromatic hydroxyl groups is 8. The number of aliphatic hydroxyl groups excluding tert-OH is 3. The lowest BCUT2D eigenvalue weighted by atomic mass is 9.98. The third-order valence-corrected chi connectivity index (χ3v) is 7.24. The van der Waals surface area contributed by atoms with Gasteiger partial charge in [-0.25, -0.2) is 4.79 Å². The van der Waals surface area contributed by atoms with Crippen molar-refractivity contribution in [1.82, 2.24) is 0 Å². The minimum absolute atomic E-state index is 0.00558. The molecule has 5 rings (SSSR count). The summed E-state index contributed by atoms with van der Waals surface area (Å²) in [6, 6.07) is 5.85. The number of phenolic OH excluding ortho intramolecular Hbond substituents is 7. The van der Waals surface area contributed by atoms with E-state index < -0.39 is 101 Å². The fraction of sp³-hybridized carbons (Fsp3) is 0.267. The van der Waals surface area contributed by atoms with E-state index in [4.69, 9.17) is 18.9 Å². The number of fused-ring (bicyclic) bond motifs is 1. The van der Waals surface area contributed by atoms with Crippen LogP contribution in [0.25, 0.3) is 6.08 Å². The molecule has 1 fully saturated rings. The zero-order valence-corrected chi connectivity index (χ0v) is 24.1. The van der Waals surface area contributed by atoms with Crippen LogP contribution < -0.4 is 4.74 Å². The van der Waals surface area contributed by atoms with Gasteiger partial charge in [0.2, 0.25) is 12.0 Å². The SMILES string of the molecule is CC(=O)OCC1OC(Oc2cc(C3[OH+]c4cc(O)cc(O)c4C=C3O)cc(O)c2O)C(OC(=O)c2cc(O)c(O)c(O)c2)C(O)C1O. The van der Waals surface area contributed by atoms with E-state index in [0.29, 0.717) is 0 Å². The lowest BCUT2D eigenvalue weighted by Gasteiger charge is -2.41. The van der Waals surface area contributed by atoms with Gasteiger partial charge in [0.25, 0.3) is 11.9 Å². The molecule has 11 N–H and O–H groups in total. The monoisotopic (exact) mass is 661 g/mol. The van der Waals surface area contributed by atoms with Crippen molar-refractivity contribution in [2.45, 2.75) is 43.7 Å². The molecule has 6 unspecified atom stereocenters. The molecule has 1 saturated heterocycles. The number of ether oxygens (including phenoxy) is 5. The fourth-order valence-corrected chi connectivity index (χ4v) is 4.90. The molecule has 2 aliphatic heterocycles. The van der Waals surface area contributed by atoms with Crippen molar-refractivity contribution in [3.8, 4) is 51.7 Å². The van der Waals surface area contributed by atoms with Crippen molar-refractivity contribution >= 4 is 18.0 Å². The van der Waals surface area contributed by atoms with Gasteiger partial charge in [-0.1, -0.05) is 0 Å². The van der Waals surface area contributed by atoms with Crippen LogP contribution in [0.5, 0.6) is 51.7 Å². The van der Waals surface area contributed by atoms with E-state index >= 15 is 0 Å². The predicted molar refractivity (Wildman–Crippen MR) is 153 cm³/mol. The fourth-order valence-electron chi connectivity index (χ4n) is 4.90. The summed E-state index contributed by atoms with van der Waals surface area (Å²) in [5.74, 6) is -8.08. The molecule has 0 aliphatic carbocycles. The number of phenols is 7. The van der Waals surface area contributed by atoms with Crippen LogP contribution in [0.2, 0.25) is 0 Å². The van der Waals surface area contributed by atoms with E-state index in [-0.39, 0.29) is 28.4 Å². The first-order valence-electron chi connectivity index (χ1n) is 13.6. The summed E-state index contributed by atoms with van der Waals surface area (Å²) < 4.78 is 25.8. The van der Waals surface area contributed by atoms with Gasteiger partial charge in [-0.3, -0.25) is 4.79 Å². The number of carbonyl (C=O) groups excluding carboxylic acids is 2.